The predicted molar refractivity (Wildman–Crippen MR) is 64.3 cm³/mol. The lowest BCUT2D eigenvalue weighted by Gasteiger charge is -2.39. The van der Waals surface area contributed by atoms with Crippen LogP contribution in [-0.4, -0.2) is 47.5 Å². The van der Waals surface area contributed by atoms with E-state index < -0.39 is 15.6 Å². The van der Waals surface area contributed by atoms with Crippen molar-refractivity contribution in [1.82, 2.24) is 19.8 Å². The molecule has 0 aliphatic carbocycles. The third-order valence-electron chi connectivity index (χ3n) is 3.13. The zero-order chi connectivity index (χ0) is 13.6. The van der Waals surface area contributed by atoms with Gasteiger partial charge in [-0.15, -0.1) is 0 Å². The highest BCUT2D eigenvalue weighted by molar-refractivity contribution is 7.89. The molecule has 0 aromatic carbocycles. The maximum atomic E-state index is 12.5. The molecule has 7 nitrogen and oxygen atoms in total. The molecule has 0 unspecified atom stereocenters. The predicted octanol–water partition coefficient (Wildman–Crippen LogP) is -0.383. The van der Waals surface area contributed by atoms with Crippen LogP contribution < -0.4 is 5.32 Å². The van der Waals surface area contributed by atoms with E-state index >= 15 is 0 Å². The van der Waals surface area contributed by atoms with Gasteiger partial charge in [-0.25, -0.2) is 8.42 Å². The molecule has 18 heavy (non-hydrogen) atoms. The van der Waals surface area contributed by atoms with E-state index in [1.54, 1.807) is 20.8 Å². The number of aromatic nitrogens is 2. The highest BCUT2D eigenvalue weighted by Gasteiger charge is 2.45. The standard InChI is InChI=1S/C10H16N4O3S/c1-7-8(6-12-13-7)18(16,17)14-5-4-11-9(15)10(14,2)3/h6H,4-5H2,1-3H3,(H,11,15)(H,12,13). The van der Waals surface area contributed by atoms with Crippen molar-refractivity contribution in [2.24, 2.45) is 0 Å². The van der Waals surface area contributed by atoms with Crippen LogP contribution in [0.3, 0.4) is 0 Å². The second-order valence-electron chi connectivity index (χ2n) is 4.75. The number of H-pyrrole nitrogens is 1. The Morgan fingerprint density at radius 1 is 1.44 bits per heavy atom. The first-order chi connectivity index (χ1) is 8.28. The lowest BCUT2D eigenvalue weighted by Crippen LogP contribution is -2.63. The van der Waals surface area contributed by atoms with E-state index in [0.29, 0.717) is 12.2 Å². The maximum absolute atomic E-state index is 12.5. The largest absolute Gasteiger partial charge is 0.353 e. The Morgan fingerprint density at radius 2 is 2.11 bits per heavy atom. The third kappa shape index (κ3) is 1.81. The van der Waals surface area contributed by atoms with Gasteiger partial charge in [-0.2, -0.15) is 9.40 Å². The SMILES string of the molecule is Cc1[nH]ncc1S(=O)(=O)N1CCNC(=O)C1(C)C. The smallest absolute Gasteiger partial charge is 0.247 e. The van der Waals surface area contributed by atoms with Crippen molar-refractivity contribution < 1.29 is 13.2 Å². The topological polar surface area (TPSA) is 95.2 Å². The highest BCUT2D eigenvalue weighted by Crippen LogP contribution is 2.27. The van der Waals surface area contributed by atoms with Crippen LogP contribution in [0.4, 0.5) is 0 Å². The molecule has 0 bridgehead atoms. The summed E-state index contributed by atoms with van der Waals surface area (Å²) < 4.78 is 26.3. The van der Waals surface area contributed by atoms with Crippen molar-refractivity contribution in [3.8, 4) is 0 Å². The minimum Gasteiger partial charge on any atom is -0.353 e. The van der Waals surface area contributed by atoms with Gasteiger partial charge in [0.15, 0.2) is 0 Å². The summed E-state index contributed by atoms with van der Waals surface area (Å²) in [5.74, 6) is -0.293. The maximum Gasteiger partial charge on any atom is 0.247 e. The van der Waals surface area contributed by atoms with Gasteiger partial charge in [-0.3, -0.25) is 9.89 Å². The van der Waals surface area contributed by atoms with Crippen LogP contribution in [0.1, 0.15) is 19.5 Å². The van der Waals surface area contributed by atoms with Gasteiger partial charge in [0.1, 0.15) is 10.4 Å². The number of aryl methyl sites for hydroxylation is 1. The van der Waals surface area contributed by atoms with E-state index in [1.165, 1.54) is 10.5 Å². The number of nitrogens with zero attached hydrogens (tertiary/aromatic N) is 2. The molecule has 2 N–H and O–H groups in total. The molecule has 2 rings (SSSR count). The molecule has 1 aromatic rings. The van der Waals surface area contributed by atoms with E-state index in [4.69, 9.17) is 0 Å². The number of hydrogen-bond acceptors (Lipinski definition) is 4. The second-order valence-corrected chi connectivity index (χ2v) is 6.58. The highest BCUT2D eigenvalue weighted by atomic mass is 32.2. The summed E-state index contributed by atoms with van der Waals surface area (Å²) in [6, 6.07) is 0. The summed E-state index contributed by atoms with van der Waals surface area (Å²) in [6.07, 6.45) is 1.27. The normalized spacial score (nSPS) is 20.7. The number of carbonyl (C=O) groups excluding carboxylic acids is 1. The van der Waals surface area contributed by atoms with Gasteiger partial charge in [-0.05, 0) is 20.8 Å². The lowest BCUT2D eigenvalue weighted by molar-refractivity contribution is -0.131. The van der Waals surface area contributed by atoms with Crippen LogP contribution in [-0.2, 0) is 14.8 Å². The van der Waals surface area contributed by atoms with E-state index in [9.17, 15) is 13.2 Å². The van der Waals surface area contributed by atoms with Gasteiger partial charge in [0.05, 0.1) is 11.9 Å². The van der Waals surface area contributed by atoms with E-state index in [-0.39, 0.29) is 17.3 Å². The molecule has 8 heteroatoms. The van der Waals surface area contributed by atoms with Gasteiger partial charge < -0.3 is 5.32 Å². The van der Waals surface area contributed by atoms with Crippen molar-refractivity contribution in [3.63, 3.8) is 0 Å². The van der Waals surface area contributed by atoms with Crippen LogP contribution in [0.25, 0.3) is 0 Å². The Kier molecular flexibility index (Phi) is 2.94. The van der Waals surface area contributed by atoms with Gasteiger partial charge in [0.25, 0.3) is 0 Å². The fraction of sp³-hybridized carbons (Fsp3) is 0.600. The number of rotatable bonds is 2. The van der Waals surface area contributed by atoms with Gasteiger partial charge in [0, 0.05) is 13.1 Å². The number of hydrogen-bond donors (Lipinski definition) is 2. The summed E-state index contributed by atoms with van der Waals surface area (Å²) in [5, 5.41) is 8.98. The molecule has 2 heterocycles. The Hall–Kier alpha value is -1.41. The minimum absolute atomic E-state index is 0.116. The lowest BCUT2D eigenvalue weighted by atomic mass is 10.0. The van der Waals surface area contributed by atoms with Crippen molar-refractivity contribution >= 4 is 15.9 Å². The molecular formula is C10H16N4O3S. The molecule has 0 atom stereocenters. The molecule has 0 radical (unpaired) electrons. The molecule has 1 fully saturated rings. The Bertz CT molecular complexity index is 576. The van der Waals surface area contributed by atoms with Crippen molar-refractivity contribution in [2.75, 3.05) is 13.1 Å². The molecule has 1 aliphatic heterocycles. The Labute approximate surface area is 106 Å². The average Bonchev–Trinajstić information content (AvgIpc) is 2.69. The van der Waals surface area contributed by atoms with Gasteiger partial charge in [0.2, 0.25) is 15.9 Å². The van der Waals surface area contributed by atoms with E-state index in [0.717, 1.165) is 0 Å². The van der Waals surface area contributed by atoms with E-state index in [2.05, 4.69) is 15.5 Å². The minimum atomic E-state index is -3.71. The number of amides is 1. The number of carbonyl (C=O) groups is 1. The first-order valence-corrected chi connectivity index (χ1v) is 7.03. The molecule has 1 amide bonds. The first-order valence-electron chi connectivity index (χ1n) is 5.59. The molecule has 1 aromatic heterocycles. The summed E-state index contributed by atoms with van der Waals surface area (Å²) in [6.45, 7) is 5.39. The monoisotopic (exact) mass is 272 g/mol. The molecule has 1 saturated heterocycles. The Morgan fingerprint density at radius 3 is 2.67 bits per heavy atom. The van der Waals surface area contributed by atoms with Crippen LogP contribution in [0.5, 0.6) is 0 Å². The van der Waals surface area contributed by atoms with Crippen molar-refractivity contribution in [1.29, 1.82) is 0 Å². The zero-order valence-corrected chi connectivity index (χ0v) is 11.3. The number of sulfonamides is 1. The molecular weight excluding hydrogens is 256 g/mol. The number of piperazine rings is 1. The zero-order valence-electron chi connectivity index (χ0n) is 10.5. The summed E-state index contributed by atoms with van der Waals surface area (Å²) >= 11 is 0. The van der Waals surface area contributed by atoms with Gasteiger partial charge in [-0.1, -0.05) is 0 Å². The van der Waals surface area contributed by atoms with Crippen molar-refractivity contribution in [3.05, 3.63) is 11.9 Å². The fourth-order valence-electron chi connectivity index (χ4n) is 2.02. The fourth-order valence-corrected chi connectivity index (χ4v) is 3.89. The van der Waals surface area contributed by atoms with Crippen LogP contribution in [0.2, 0.25) is 0 Å². The molecule has 0 saturated carbocycles. The average molecular weight is 272 g/mol. The van der Waals surface area contributed by atoms with Gasteiger partial charge >= 0.3 is 0 Å². The summed E-state index contributed by atoms with van der Waals surface area (Å²) in [4.78, 5) is 11.9. The van der Waals surface area contributed by atoms with Crippen LogP contribution in [0.15, 0.2) is 11.1 Å². The molecule has 1 aliphatic rings. The second kappa shape index (κ2) is 4.06. The summed E-state index contributed by atoms with van der Waals surface area (Å²) in [5.41, 5.74) is -0.627. The number of aromatic amines is 1. The van der Waals surface area contributed by atoms with E-state index in [1.807, 2.05) is 0 Å². The quantitative estimate of drug-likeness (QED) is 0.767. The number of nitrogens with one attached hydrogen (secondary N) is 2. The molecule has 100 valence electrons. The van der Waals surface area contributed by atoms with Crippen LogP contribution >= 0.6 is 0 Å². The van der Waals surface area contributed by atoms with Crippen LogP contribution in [0, 0.1) is 6.92 Å². The van der Waals surface area contributed by atoms with Crippen molar-refractivity contribution in [2.45, 2.75) is 31.2 Å². The summed E-state index contributed by atoms with van der Waals surface area (Å²) in [7, 11) is -3.71. The third-order valence-corrected chi connectivity index (χ3v) is 5.32. The Balaban J connectivity index is 2.48. The molecule has 0 spiro atoms. The first kappa shape index (κ1) is 13.0.